The number of aromatic nitrogens is 2. The Bertz CT molecular complexity index is 1010. The summed E-state index contributed by atoms with van der Waals surface area (Å²) in [4.78, 5) is 37.1. The highest BCUT2D eigenvalue weighted by atomic mass is 16.5. The minimum absolute atomic E-state index is 0.0531. The SMILES string of the molecule is COc1cccc(CNC(=O)Cn2c(=O)c(C#N)c3n(c2=O)CCC3)c1. The molecular weight excluding hydrogens is 336 g/mol. The van der Waals surface area contributed by atoms with Crippen LogP contribution < -0.4 is 21.3 Å². The first kappa shape index (κ1) is 17.5. The lowest BCUT2D eigenvalue weighted by molar-refractivity contribution is -0.121. The number of benzene rings is 1. The van der Waals surface area contributed by atoms with Crippen molar-refractivity contribution < 1.29 is 9.53 Å². The summed E-state index contributed by atoms with van der Waals surface area (Å²) in [7, 11) is 1.55. The summed E-state index contributed by atoms with van der Waals surface area (Å²) in [6.45, 7) is 0.271. The van der Waals surface area contributed by atoms with Crippen LogP contribution in [0, 0.1) is 11.3 Å². The average molecular weight is 354 g/mol. The van der Waals surface area contributed by atoms with Crippen molar-refractivity contribution in [3.63, 3.8) is 0 Å². The van der Waals surface area contributed by atoms with Gasteiger partial charge in [-0.3, -0.25) is 14.2 Å². The molecule has 0 aliphatic carbocycles. The molecule has 2 aromatic rings. The number of carbonyl (C=O) groups is 1. The predicted molar refractivity (Wildman–Crippen MR) is 92.8 cm³/mol. The highest BCUT2D eigenvalue weighted by Gasteiger charge is 2.23. The molecule has 0 unspecified atom stereocenters. The Hall–Kier alpha value is -3.34. The van der Waals surface area contributed by atoms with Crippen LogP contribution in [0.25, 0.3) is 0 Å². The summed E-state index contributed by atoms with van der Waals surface area (Å²) in [5.41, 5.74) is -0.00752. The lowest BCUT2D eigenvalue weighted by atomic mass is 10.2. The highest BCUT2D eigenvalue weighted by molar-refractivity contribution is 5.75. The molecule has 0 spiro atoms. The van der Waals surface area contributed by atoms with Crippen LogP contribution in [0.5, 0.6) is 5.75 Å². The van der Waals surface area contributed by atoms with Crippen LogP contribution in [0.2, 0.25) is 0 Å². The molecule has 8 heteroatoms. The van der Waals surface area contributed by atoms with Crippen LogP contribution in [0.4, 0.5) is 0 Å². The fourth-order valence-electron chi connectivity index (χ4n) is 3.07. The van der Waals surface area contributed by atoms with E-state index in [1.807, 2.05) is 12.1 Å². The Balaban J connectivity index is 1.79. The molecule has 0 bridgehead atoms. The summed E-state index contributed by atoms with van der Waals surface area (Å²) in [6.07, 6.45) is 1.23. The van der Waals surface area contributed by atoms with Crippen molar-refractivity contribution in [3.05, 3.63) is 61.9 Å². The van der Waals surface area contributed by atoms with Gasteiger partial charge in [-0.05, 0) is 30.5 Å². The molecule has 0 atom stereocenters. The van der Waals surface area contributed by atoms with Crippen LogP contribution in [0.3, 0.4) is 0 Å². The van der Waals surface area contributed by atoms with Crippen molar-refractivity contribution in [1.29, 1.82) is 5.26 Å². The Morgan fingerprint density at radius 1 is 1.38 bits per heavy atom. The summed E-state index contributed by atoms with van der Waals surface area (Å²) < 4.78 is 7.36. The van der Waals surface area contributed by atoms with Gasteiger partial charge in [-0.25, -0.2) is 9.36 Å². The smallest absolute Gasteiger partial charge is 0.331 e. The minimum atomic E-state index is -0.706. The molecular formula is C18H18N4O4. The van der Waals surface area contributed by atoms with Gasteiger partial charge >= 0.3 is 5.69 Å². The molecule has 1 amide bonds. The highest BCUT2D eigenvalue weighted by Crippen LogP contribution is 2.13. The van der Waals surface area contributed by atoms with Crippen LogP contribution >= 0.6 is 0 Å². The predicted octanol–water partition coefficient (Wildman–Crippen LogP) is 0.153. The molecule has 0 fully saturated rings. The Kier molecular flexibility index (Phi) is 4.89. The first-order chi connectivity index (χ1) is 12.5. The number of fused-ring (bicyclic) bond motifs is 1. The van der Waals surface area contributed by atoms with E-state index < -0.39 is 23.7 Å². The topological polar surface area (TPSA) is 106 Å². The van der Waals surface area contributed by atoms with Crippen LogP contribution in [-0.4, -0.2) is 22.2 Å². The number of hydrogen-bond donors (Lipinski definition) is 1. The fraction of sp³-hybridized carbons (Fsp3) is 0.333. The zero-order valence-electron chi connectivity index (χ0n) is 14.3. The van der Waals surface area contributed by atoms with E-state index in [2.05, 4.69) is 5.32 Å². The monoisotopic (exact) mass is 354 g/mol. The molecule has 1 aromatic heterocycles. The van der Waals surface area contributed by atoms with E-state index in [0.29, 0.717) is 30.8 Å². The first-order valence-electron chi connectivity index (χ1n) is 8.21. The molecule has 1 aliphatic rings. The third kappa shape index (κ3) is 3.24. The molecule has 1 N–H and O–H groups in total. The number of nitriles is 1. The quantitative estimate of drug-likeness (QED) is 0.823. The van der Waals surface area contributed by atoms with Crippen molar-refractivity contribution in [2.45, 2.75) is 32.5 Å². The zero-order chi connectivity index (χ0) is 18.7. The normalized spacial score (nSPS) is 12.3. The summed E-state index contributed by atoms with van der Waals surface area (Å²) in [5, 5.41) is 11.9. The van der Waals surface area contributed by atoms with Gasteiger partial charge in [-0.2, -0.15) is 5.26 Å². The molecule has 0 radical (unpaired) electrons. The largest absolute Gasteiger partial charge is 0.497 e. The molecule has 134 valence electrons. The number of carbonyl (C=O) groups excluding carboxylic acids is 1. The second kappa shape index (κ2) is 7.27. The van der Waals surface area contributed by atoms with E-state index in [-0.39, 0.29) is 12.1 Å². The van der Waals surface area contributed by atoms with Gasteiger partial charge in [0.2, 0.25) is 5.91 Å². The van der Waals surface area contributed by atoms with Gasteiger partial charge in [-0.1, -0.05) is 12.1 Å². The number of nitrogens with one attached hydrogen (secondary N) is 1. The van der Waals surface area contributed by atoms with E-state index in [1.54, 1.807) is 25.3 Å². The van der Waals surface area contributed by atoms with Crippen LogP contribution in [0.1, 0.15) is 23.2 Å². The molecule has 0 saturated carbocycles. The second-order valence-electron chi connectivity index (χ2n) is 5.99. The maximum Gasteiger partial charge on any atom is 0.331 e. The lowest BCUT2D eigenvalue weighted by Crippen LogP contribution is -2.45. The molecule has 3 rings (SSSR count). The first-order valence-corrected chi connectivity index (χ1v) is 8.21. The van der Waals surface area contributed by atoms with Gasteiger partial charge in [0.25, 0.3) is 5.56 Å². The average Bonchev–Trinajstić information content (AvgIpc) is 3.14. The molecule has 1 aliphatic heterocycles. The molecule has 26 heavy (non-hydrogen) atoms. The maximum absolute atomic E-state index is 12.5. The van der Waals surface area contributed by atoms with E-state index in [0.717, 1.165) is 10.1 Å². The van der Waals surface area contributed by atoms with Crippen molar-refractivity contribution in [2.24, 2.45) is 0 Å². The van der Waals surface area contributed by atoms with Crippen LogP contribution in [-0.2, 0) is 30.8 Å². The summed E-state index contributed by atoms with van der Waals surface area (Å²) in [5.74, 6) is 0.193. The number of methoxy groups -OCH3 is 1. The maximum atomic E-state index is 12.5. The number of nitrogens with zero attached hydrogens (tertiary/aromatic N) is 3. The van der Waals surface area contributed by atoms with Crippen LogP contribution in [0.15, 0.2) is 33.9 Å². The Labute approximate surface area is 149 Å². The molecule has 0 saturated heterocycles. The third-order valence-electron chi connectivity index (χ3n) is 4.37. The van der Waals surface area contributed by atoms with E-state index in [1.165, 1.54) is 4.57 Å². The van der Waals surface area contributed by atoms with Crippen molar-refractivity contribution in [1.82, 2.24) is 14.5 Å². The summed E-state index contributed by atoms with van der Waals surface area (Å²) >= 11 is 0. The molecule has 8 nitrogen and oxygen atoms in total. The molecule has 2 heterocycles. The van der Waals surface area contributed by atoms with E-state index in [9.17, 15) is 19.6 Å². The number of amides is 1. The third-order valence-corrected chi connectivity index (χ3v) is 4.37. The number of rotatable bonds is 5. The van der Waals surface area contributed by atoms with Gasteiger partial charge in [0.05, 0.1) is 7.11 Å². The Morgan fingerprint density at radius 3 is 2.92 bits per heavy atom. The van der Waals surface area contributed by atoms with E-state index >= 15 is 0 Å². The molecule has 1 aromatic carbocycles. The lowest BCUT2D eigenvalue weighted by Gasteiger charge is -2.11. The summed E-state index contributed by atoms with van der Waals surface area (Å²) in [6, 6.07) is 9.07. The van der Waals surface area contributed by atoms with Crippen molar-refractivity contribution in [2.75, 3.05) is 7.11 Å². The van der Waals surface area contributed by atoms with E-state index in [4.69, 9.17) is 4.74 Å². The van der Waals surface area contributed by atoms with Gasteiger partial charge in [0.1, 0.15) is 23.9 Å². The second-order valence-corrected chi connectivity index (χ2v) is 5.99. The fourth-order valence-corrected chi connectivity index (χ4v) is 3.07. The number of hydrogen-bond acceptors (Lipinski definition) is 5. The standard InChI is InChI=1S/C18H18N4O4/c1-26-13-5-2-4-12(8-13)10-20-16(23)11-22-17(24)14(9-19)15-6-3-7-21(15)18(22)25/h2,4-5,8H,3,6-7,10-11H2,1H3,(H,20,23). The minimum Gasteiger partial charge on any atom is -0.497 e. The Morgan fingerprint density at radius 2 is 2.19 bits per heavy atom. The zero-order valence-corrected chi connectivity index (χ0v) is 14.3. The van der Waals surface area contributed by atoms with Crippen molar-refractivity contribution >= 4 is 5.91 Å². The van der Waals surface area contributed by atoms with Gasteiger partial charge in [-0.15, -0.1) is 0 Å². The van der Waals surface area contributed by atoms with Gasteiger partial charge in [0.15, 0.2) is 0 Å². The van der Waals surface area contributed by atoms with Gasteiger partial charge in [0, 0.05) is 18.8 Å². The van der Waals surface area contributed by atoms with Crippen molar-refractivity contribution in [3.8, 4) is 11.8 Å². The van der Waals surface area contributed by atoms with Gasteiger partial charge < -0.3 is 10.1 Å². The number of ether oxygens (including phenoxy) is 1.